The molecular formula is C21H24FN2O3+. The van der Waals surface area contributed by atoms with Gasteiger partial charge in [-0.25, -0.2) is 9.29 Å². The Morgan fingerprint density at radius 1 is 1.15 bits per heavy atom. The molecule has 0 aliphatic carbocycles. The van der Waals surface area contributed by atoms with E-state index in [1.54, 1.807) is 42.5 Å². The molecule has 1 heterocycles. The lowest BCUT2D eigenvalue weighted by molar-refractivity contribution is -0.674. The van der Waals surface area contributed by atoms with E-state index in [1.807, 2.05) is 12.2 Å². The highest BCUT2D eigenvalue weighted by molar-refractivity contribution is 6.21. The second-order valence-corrected chi connectivity index (χ2v) is 6.59. The first-order valence-electron chi connectivity index (χ1n) is 9.26. The van der Waals surface area contributed by atoms with Crippen molar-refractivity contribution in [1.82, 2.24) is 0 Å². The van der Waals surface area contributed by atoms with E-state index < -0.39 is 6.04 Å². The van der Waals surface area contributed by atoms with Crippen LogP contribution in [0, 0.1) is 5.82 Å². The van der Waals surface area contributed by atoms with Gasteiger partial charge >= 0.3 is 0 Å². The first kappa shape index (κ1) is 19.0. The minimum absolute atomic E-state index is 0.157. The van der Waals surface area contributed by atoms with Crippen LogP contribution in [0.4, 0.5) is 10.1 Å². The predicted molar refractivity (Wildman–Crippen MR) is 100 cm³/mol. The Morgan fingerprint density at radius 2 is 1.89 bits per heavy atom. The third-order valence-electron chi connectivity index (χ3n) is 4.57. The van der Waals surface area contributed by atoms with Crippen molar-refractivity contribution in [3.05, 3.63) is 59.9 Å². The molecule has 0 spiro atoms. The number of hydrogen-bond acceptors (Lipinski definition) is 3. The van der Waals surface area contributed by atoms with Crippen LogP contribution in [0.15, 0.2) is 48.5 Å². The van der Waals surface area contributed by atoms with Gasteiger partial charge in [0.25, 0.3) is 5.91 Å². The van der Waals surface area contributed by atoms with Crippen LogP contribution in [0.2, 0.25) is 0 Å². The van der Waals surface area contributed by atoms with E-state index in [9.17, 15) is 14.0 Å². The van der Waals surface area contributed by atoms with Crippen LogP contribution >= 0.6 is 0 Å². The first-order valence-corrected chi connectivity index (χ1v) is 9.26. The van der Waals surface area contributed by atoms with Gasteiger partial charge < -0.3 is 10.1 Å². The van der Waals surface area contributed by atoms with E-state index in [4.69, 9.17) is 4.74 Å². The number of anilines is 1. The monoisotopic (exact) mass is 371 g/mol. The summed E-state index contributed by atoms with van der Waals surface area (Å²) in [4.78, 5) is 26.2. The zero-order valence-corrected chi connectivity index (χ0v) is 15.4. The van der Waals surface area contributed by atoms with Crippen LogP contribution < -0.4 is 15.0 Å². The second-order valence-electron chi connectivity index (χ2n) is 6.59. The zero-order chi connectivity index (χ0) is 19.2. The SMILES string of the molecule is CCCOc1ccc(N2C(=O)C[C@H]([NH2+]CCc3ccccc3F)C2=O)cc1. The number of carbonyl (C=O) groups excluding carboxylic acids is 2. The summed E-state index contributed by atoms with van der Waals surface area (Å²) in [6.45, 7) is 3.20. The average Bonchev–Trinajstić information content (AvgIpc) is 2.95. The summed E-state index contributed by atoms with van der Waals surface area (Å²) >= 11 is 0. The molecule has 0 aromatic heterocycles. The number of hydrogen-bond donors (Lipinski definition) is 1. The average molecular weight is 371 g/mol. The first-order chi connectivity index (χ1) is 13.1. The van der Waals surface area contributed by atoms with Gasteiger partial charge in [-0.3, -0.25) is 9.59 Å². The van der Waals surface area contributed by atoms with Crippen molar-refractivity contribution in [2.24, 2.45) is 0 Å². The van der Waals surface area contributed by atoms with Crippen LogP contribution in [0.3, 0.4) is 0 Å². The normalized spacial score (nSPS) is 16.8. The molecule has 0 saturated carbocycles. The van der Waals surface area contributed by atoms with Gasteiger partial charge in [-0.05, 0) is 42.3 Å². The number of imide groups is 1. The Morgan fingerprint density at radius 3 is 2.59 bits per heavy atom. The third kappa shape index (κ3) is 4.52. The van der Waals surface area contributed by atoms with Crippen LogP contribution in [-0.2, 0) is 16.0 Å². The smallest absolute Gasteiger partial charge is 0.292 e. The number of nitrogens with zero attached hydrogens (tertiary/aromatic N) is 1. The number of carbonyl (C=O) groups is 2. The number of ether oxygens (including phenoxy) is 1. The van der Waals surface area contributed by atoms with E-state index in [0.717, 1.165) is 6.42 Å². The molecule has 0 unspecified atom stereocenters. The molecule has 0 radical (unpaired) electrons. The molecule has 1 atom stereocenters. The van der Waals surface area contributed by atoms with Crippen LogP contribution in [0.25, 0.3) is 0 Å². The fraction of sp³-hybridized carbons (Fsp3) is 0.333. The van der Waals surface area contributed by atoms with Crippen molar-refractivity contribution in [2.45, 2.75) is 32.2 Å². The van der Waals surface area contributed by atoms with E-state index in [-0.39, 0.29) is 24.1 Å². The Balaban J connectivity index is 1.58. The van der Waals surface area contributed by atoms with Crippen LogP contribution in [0.1, 0.15) is 25.3 Å². The molecule has 142 valence electrons. The van der Waals surface area contributed by atoms with Crippen molar-refractivity contribution >= 4 is 17.5 Å². The van der Waals surface area contributed by atoms with Crippen molar-refractivity contribution in [3.8, 4) is 5.75 Å². The van der Waals surface area contributed by atoms with Gasteiger partial charge in [0.2, 0.25) is 5.91 Å². The van der Waals surface area contributed by atoms with Gasteiger partial charge in [0.15, 0.2) is 6.04 Å². The summed E-state index contributed by atoms with van der Waals surface area (Å²) < 4.78 is 19.2. The molecule has 0 bridgehead atoms. The second kappa shape index (κ2) is 8.77. The minimum Gasteiger partial charge on any atom is -0.494 e. The van der Waals surface area contributed by atoms with Crippen LogP contribution in [-0.4, -0.2) is 31.0 Å². The Labute approximate surface area is 158 Å². The molecule has 1 saturated heterocycles. The molecule has 1 fully saturated rings. The highest BCUT2D eigenvalue weighted by Crippen LogP contribution is 2.24. The maximum absolute atomic E-state index is 13.7. The van der Waals surface area contributed by atoms with E-state index >= 15 is 0 Å². The Hall–Kier alpha value is -2.73. The number of nitrogens with two attached hydrogens (primary N) is 1. The van der Waals surface area contributed by atoms with Gasteiger partial charge in [-0.2, -0.15) is 0 Å². The molecule has 2 aromatic carbocycles. The Bertz CT molecular complexity index is 807. The molecule has 2 aromatic rings. The summed E-state index contributed by atoms with van der Waals surface area (Å²) in [6.07, 6.45) is 1.58. The van der Waals surface area contributed by atoms with E-state index in [0.29, 0.717) is 36.6 Å². The number of rotatable bonds is 8. The zero-order valence-electron chi connectivity index (χ0n) is 15.4. The lowest BCUT2D eigenvalue weighted by Gasteiger charge is -2.15. The molecule has 27 heavy (non-hydrogen) atoms. The highest BCUT2D eigenvalue weighted by Gasteiger charge is 2.42. The molecule has 5 nitrogen and oxygen atoms in total. The molecule has 1 aliphatic heterocycles. The minimum atomic E-state index is -0.458. The molecule has 2 N–H and O–H groups in total. The fourth-order valence-electron chi connectivity index (χ4n) is 3.16. The van der Waals surface area contributed by atoms with Gasteiger partial charge in [0.05, 0.1) is 25.3 Å². The number of amides is 2. The standard InChI is InChI=1S/C21H23FN2O3/c1-2-13-27-17-9-7-16(8-10-17)24-20(25)14-19(21(24)26)23-12-11-15-5-3-4-6-18(15)22/h3-10,19,23H,2,11-14H2,1H3/p+1/t19-/m0/s1. The highest BCUT2D eigenvalue weighted by atomic mass is 19.1. The fourth-order valence-corrected chi connectivity index (χ4v) is 3.16. The number of benzene rings is 2. The maximum atomic E-state index is 13.7. The molecule has 2 amide bonds. The van der Waals surface area contributed by atoms with Gasteiger partial charge in [-0.1, -0.05) is 25.1 Å². The molecule has 3 rings (SSSR count). The molecule has 1 aliphatic rings. The molecule has 6 heteroatoms. The quantitative estimate of drug-likeness (QED) is 0.723. The summed E-state index contributed by atoms with van der Waals surface area (Å²) in [7, 11) is 0. The Kier molecular flexibility index (Phi) is 6.19. The lowest BCUT2D eigenvalue weighted by Crippen LogP contribution is -2.92. The lowest BCUT2D eigenvalue weighted by atomic mass is 10.1. The summed E-state index contributed by atoms with van der Waals surface area (Å²) in [5.41, 5.74) is 1.17. The summed E-state index contributed by atoms with van der Waals surface area (Å²) in [5, 5.41) is 1.82. The predicted octanol–water partition coefficient (Wildman–Crippen LogP) is 2.05. The van der Waals surface area contributed by atoms with E-state index in [2.05, 4.69) is 0 Å². The van der Waals surface area contributed by atoms with Crippen LogP contribution in [0.5, 0.6) is 5.75 Å². The largest absolute Gasteiger partial charge is 0.494 e. The van der Waals surface area contributed by atoms with Crippen molar-refractivity contribution < 1.29 is 24.0 Å². The third-order valence-corrected chi connectivity index (χ3v) is 4.57. The number of halogens is 1. The van der Waals surface area contributed by atoms with Crippen molar-refractivity contribution in [1.29, 1.82) is 0 Å². The topological polar surface area (TPSA) is 63.2 Å². The van der Waals surface area contributed by atoms with Gasteiger partial charge in [0, 0.05) is 6.42 Å². The summed E-state index contributed by atoms with van der Waals surface area (Å²) in [5.74, 6) is 0.0320. The molecular weight excluding hydrogens is 347 g/mol. The van der Waals surface area contributed by atoms with Crippen molar-refractivity contribution in [2.75, 3.05) is 18.1 Å². The van der Waals surface area contributed by atoms with Crippen molar-refractivity contribution in [3.63, 3.8) is 0 Å². The maximum Gasteiger partial charge on any atom is 0.292 e. The number of quaternary nitrogens is 1. The summed E-state index contributed by atoms with van der Waals surface area (Å²) in [6, 6.07) is 13.1. The van der Waals surface area contributed by atoms with Gasteiger partial charge in [-0.15, -0.1) is 0 Å². The van der Waals surface area contributed by atoms with E-state index in [1.165, 1.54) is 11.0 Å². The van der Waals surface area contributed by atoms with Gasteiger partial charge in [0.1, 0.15) is 11.6 Å².